The molecule has 0 aromatic heterocycles. The highest BCUT2D eigenvalue weighted by molar-refractivity contribution is 9.10. The predicted molar refractivity (Wildman–Crippen MR) is 83.9 cm³/mol. The molecule has 0 bridgehead atoms. The molecule has 1 heterocycles. The lowest BCUT2D eigenvalue weighted by atomic mass is 10.1. The number of nitrogens with one attached hydrogen (secondary N) is 1. The molecule has 0 saturated carbocycles. The van der Waals surface area contributed by atoms with Gasteiger partial charge in [0, 0.05) is 15.8 Å². The van der Waals surface area contributed by atoms with Gasteiger partial charge in [0.2, 0.25) is 0 Å². The van der Waals surface area contributed by atoms with E-state index in [9.17, 15) is 4.79 Å². The highest BCUT2D eigenvalue weighted by Gasteiger charge is 2.20. The van der Waals surface area contributed by atoms with Crippen molar-refractivity contribution < 1.29 is 14.3 Å². The van der Waals surface area contributed by atoms with Crippen LogP contribution in [0.4, 0.5) is 11.4 Å². The fraction of sp³-hybridized carbons (Fsp3) is 0.133. The summed E-state index contributed by atoms with van der Waals surface area (Å²) in [5.74, 6) is 0.817. The molecule has 0 aliphatic carbocycles. The molecule has 5 nitrogen and oxygen atoms in total. The van der Waals surface area contributed by atoms with Gasteiger partial charge >= 0.3 is 0 Å². The van der Waals surface area contributed by atoms with Gasteiger partial charge in [-0.05, 0) is 46.3 Å². The van der Waals surface area contributed by atoms with Gasteiger partial charge < -0.3 is 20.5 Å². The Bertz CT molecular complexity index is 703. The van der Waals surface area contributed by atoms with E-state index in [0.717, 1.165) is 4.47 Å². The largest absolute Gasteiger partial charge is 0.486 e. The molecule has 108 valence electrons. The molecule has 6 heteroatoms. The van der Waals surface area contributed by atoms with Gasteiger partial charge in [-0.1, -0.05) is 6.07 Å². The van der Waals surface area contributed by atoms with Crippen molar-refractivity contribution in [3.05, 3.63) is 46.4 Å². The predicted octanol–water partition coefficient (Wildman–Crippen LogP) is 3.05. The van der Waals surface area contributed by atoms with Gasteiger partial charge in [-0.2, -0.15) is 0 Å². The number of ether oxygens (including phenoxy) is 2. The molecular formula is C15H13BrN2O3. The van der Waals surface area contributed by atoms with Gasteiger partial charge in [0.25, 0.3) is 5.91 Å². The van der Waals surface area contributed by atoms with E-state index in [4.69, 9.17) is 15.2 Å². The molecule has 2 aromatic rings. The third-order valence-electron chi connectivity index (χ3n) is 3.07. The van der Waals surface area contributed by atoms with Crippen LogP contribution in [-0.4, -0.2) is 19.1 Å². The molecule has 0 saturated heterocycles. The van der Waals surface area contributed by atoms with Crippen LogP contribution in [0, 0.1) is 0 Å². The number of carbonyl (C=O) groups excluding carboxylic acids is 1. The lowest BCUT2D eigenvalue weighted by Crippen LogP contribution is -2.20. The molecule has 0 fully saturated rings. The second-order valence-electron chi connectivity index (χ2n) is 4.52. The maximum Gasteiger partial charge on any atom is 0.259 e. The number of carbonyl (C=O) groups is 1. The van der Waals surface area contributed by atoms with Crippen molar-refractivity contribution in [1.29, 1.82) is 0 Å². The molecule has 21 heavy (non-hydrogen) atoms. The average Bonchev–Trinajstić information content (AvgIpc) is 2.50. The van der Waals surface area contributed by atoms with Crippen molar-refractivity contribution in [2.45, 2.75) is 0 Å². The Morgan fingerprint density at radius 1 is 1.19 bits per heavy atom. The first-order chi connectivity index (χ1) is 10.1. The van der Waals surface area contributed by atoms with E-state index < -0.39 is 0 Å². The molecule has 3 rings (SSSR count). The Kier molecular flexibility index (Phi) is 3.70. The van der Waals surface area contributed by atoms with E-state index in [1.807, 2.05) is 0 Å². The fourth-order valence-corrected chi connectivity index (χ4v) is 2.43. The van der Waals surface area contributed by atoms with Crippen molar-refractivity contribution in [3.63, 3.8) is 0 Å². The number of rotatable bonds is 2. The molecule has 0 atom stereocenters. The first kappa shape index (κ1) is 13.8. The lowest BCUT2D eigenvalue weighted by Gasteiger charge is -2.20. The van der Waals surface area contributed by atoms with Crippen LogP contribution in [0.25, 0.3) is 0 Å². The summed E-state index contributed by atoms with van der Waals surface area (Å²) < 4.78 is 11.7. The number of para-hydroxylation sites is 1. The Morgan fingerprint density at radius 3 is 2.81 bits per heavy atom. The van der Waals surface area contributed by atoms with Crippen molar-refractivity contribution in [1.82, 2.24) is 0 Å². The topological polar surface area (TPSA) is 73.6 Å². The van der Waals surface area contributed by atoms with Crippen LogP contribution in [0.15, 0.2) is 40.9 Å². The summed E-state index contributed by atoms with van der Waals surface area (Å²) in [5, 5.41) is 2.82. The maximum atomic E-state index is 12.4. The van der Waals surface area contributed by atoms with Crippen LogP contribution >= 0.6 is 15.9 Å². The zero-order valence-electron chi connectivity index (χ0n) is 11.1. The minimum atomic E-state index is -0.256. The second-order valence-corrected chi connectivity index (χ2v) is 5.37. The summed E-state index contributed by atoms with van der Waals surface area (Å²) in [6.07, 6.45) is 0. The number of hydrogen-bond donors (Lipinski definition) is 2. The van der Waals surface area contributed by atoms with Gasteiger partial charge in [-0.25, -0.2) is 0 Å². The van der Waals surface area contributed by atoms with E-state index in [0.29, 0.717) is 41.7 Å². The normalized spacial score (nSPS) is 12.8. The number of fused-ring (bicyclic) bond motifs is 1. The minimum absolute atomic E-state index is 0.256. The van der Waals surface area contributed by atoms with Crippen LogP contribution in [0.5, 0.6) is 11.5 Å². The Balaban J connectivity index is 1.87. The van der Waals surface area contributed by atoms with E-state index in [1.54, 1.807) is 36.4 Å². The monoisotopic (exact) mass is 348 g/mol. The highest BCUT2D eigenvalue weighted by atomic mass is 79.9. The standard InChI is InChI=1S/C15H13BrN2O3/c16-11-8-9(4-5-12(11)17)18-15(19)10-2-1-3-13-14(10)21-7-6-20-13/h1-5,8H,6-7,17H2,(H,18,19). The molecule has 2 aromatic carbocycles. The number of nitrogens with two attached hydrogens (primary N) is 1. The molecule has 0 unspecified atom stereocenters. The van der Waals surface area contributed by atoms with Crippen molar-refractivity contribution in [2.24, 2.45) is 0 Å². The number of hydrogen-bond acceptors (Lipinski definition) is 4. The third kappa shape index (κ3) is 2.80. The van der Waals surface area contributed by atoms with Crippen LogP contribution in [0.3, 0.4) is 0 Å². The first-order valence-corrected chi connectivity index (χ1v) is 7.19. The van der Waals surface area contributed by atoms with Crippen molar-refractivity contribution in [2.75, 3.05) is 24.3 Å². The highest BCUT2D eigenvalue weighted by Crippen LogP contribution is 2.34. The second kappa shape index (κ2) is 5.65. The van der Waals surface area contributed by atoms with Gasteiger partial charge in [-0.15, -0.1) is 0 Å². The fourth-order valence-electron chi connectivity index (χ4n) is 2.06. The summed E-state index contributed by atoms with van der Waals surface area (Å²) in [4.78, 5) is 12.4. The summed E-state index contributed by atoms with van der Waals surface area (Å²) in [7, 11) is 0. The molecule has 0 spiro atoms. The quantitative estimate of drug-likeness (QED) is 0.818. The Labute approximate surface area is 130 Å². The Hall–Kier alpha value is -2.21. The molecule has 1 aliphatic heterocycles. The number of amides is 1. The van der Waals surface area contributed by atoms with Crippen molar-refractivity contribution in [3.8, 4) is 11.5 Å². The van der Waals surface area contributed by atoms with E-state index >= 15 is 0 Å². The van der Waals surface area contributed by atoms with Gasteiger partial charge in [0.15, 0.2) is 11.5 Å². The summed E-state index contributed by atoms with van der Waals surface area (Å²) in [6, 6.07) is 10.5. The molecular weight excluding hydrogens is 336 g/mol. The number of nitrogen functional groups attached to an aromatic ring is 1. The smallest absolute Gasteiger partial charge is 0.259 e. The van der Waals surface area contributed by atoms with Crippen LogP contribution in [0.1, 0.15) is 10.4 Å². The lowest BCUT2D eigenvalue weighted by molar-refractivity contribution is 0.101. The zero-order chi connectivity index (χ0) is 14.8. The number of halogens is 1. The van der Waals surface area contributed by atoms with E-state index in [2.05, 4.69) is 21.2 Å². The first-order valence-electron chi connectivity index (χ1n) is 6.40. The summed E-state index contributed by atoms with van der Waals surface area (Å²) >= 11 is 3.33. The Morgan fingerprint density at radius 2 is 2.00 bits per heavy atom. The van der Waals surface area contributed by atoms with Crippen LogP contribution in [-0.2, 0) is 0 Å². The van der Waals surface area contributed by atoms with E-state index in [-0.39, 0.29) is 5.91 Å². The van der Waals surface area contributed by atoms with E-state index in [1.165, 1.54) is 0 Å². The zero-order valence-corrected chi connectivity index (χ0v) is 12.6. The van der Waals surface area contributed by atoms with Gasteiger partial charge in [-0.3, -0.25) is 4.79 Å². The van der Waals surface area contributed by atoms with Crippen molar-refractivity contribution >= 4 is 33.2 Å². The van der Waals surface area contributed by atoms with Crippen LogP contribution in [0.2, 0.25) is 0 Å². The number of benzene rings is 2. The average molecular weight is 349 g/mol. The SMILES string of the molecule is Nc1ccc(NC(=O)c2cccc3c2OCCO3)cc1Br. The van der Waals surface area contributed by atoms with Gasteiger partial charge in [0.05, 0.1) is 5.56 Å². The molecule has 1 aliphatic rings. The number of anilines is 2. The third-order valence-corrected chi connectivity index (χ3v) is 3.76. The molecule has 0 radical (unpaired) electrons. The van der Waals surface area contributed by atoms with Crippen LogP contribution < -0.4 is 20.5 Å². The van der Waals surface area contributed by atoms with Gasteiger partial charge in [0.1, 0.15) is 13.2 Å². The molecule has 1 amide bonds. The minimum Gasteiger partial charge on any atom is -0.486 e. The maximum absolute atomic E-state index is 12.4. The summed E-state index contributed by atoms with van der Waals surface area (Å²) in [6.45, 7) is 0.924. The summed E-state index contributed by atoms with van der Waals surface area (Å²) in [5.41, 5.74) is 7.43. The molecule has 3 N–H and O–H groups in total.